The number of carbonyl (C=O) groups excluding carboxylic acids is 2. The summed E-state index contributed by atoms with van der Waals surface area (Å²) in [5, 5.41) is 0. The van der Waals surface area contributed by atoms with Crippen LogP contribution in [0.5, 0.6) is 0 Å². The molecule has 24 heavy (non-hydrogen) atoms. The van der Waals surface area contributed by atoms with Crippen molar-refractivity contribution < 1.29 is 9.59 Å². The van der Waals surface area contributed by atoms with Gasteiger partial charge >= 0.3 is 0 Å². The van der Waals surface area contributed by atoms with Crippen molar-refractivity contribution in [2.24, 2.45) is 0 Å². The highest BCUT2D eigenvalue weighted by molar-refractivity contribution is 5.63. The van der Waals surface area contributed by atoms with Crippen molar-refractivity contribution in [1.82, 2.24) is 0 Å². The van der Waals surface area contributed by atoms with Crippen molar-refractivity contribution in [3.8, 4) is 0 Å². The third-order valence-corrected chi connectivity index (χ3v) is 4.29. The maximum atomic E-state index is 11.3. The van der Waals surface area contributed by atoms with E-state index in [9.17, 15) is 9.59 Å². The minimum absolute atomic E-state index is 0.129. The Labute approximate surface area is 144 Å². The van der Waals surface area contributed by atoms with Crippen LogP contribution in [0, 0.1) is 13.8 Å². The monoisotopic (exact) mass is 320 g/mol. The average molecular weight is 320 g/mol. The Morgan fingerprint density at radius 2 is 1.00 bits per heavy atom. The Balaban J connectivity index is 1.94. The lowest BCUT2D eigenvalue weighted by Crippen LogP contribution is -2.00. The summed E-state index contributed by atoms with van der Waals surface area (Å²) in [5.74, 6) is -0.258. The van der Waals surface area contributed by atoms with E-state index in [0.717, 1.165) is 23.7 Å². The molecule has 0 bridgehead atoms. The van der Waals surface area contributed by atoms with Crippen LogP contribution in [0.1, 0.15) is 46.9 Å². The zero-order chi connectivity index (χ0) is 17.4. The number of rotatable bonds is 8. The van der Waals surface area contributed by atoms with Crippen LogP contribution in [-0.2, 0) is 9.59 Å². The van der Waals surface area contributed by atoms with Gasteiger partial charge in [0.25, 0.3) is 0 Å². The highest BCUT2D eigenvalue weighted by Gasteiger charge is 2.10. The summed E-state index contributed by atoms with van der Waals surface area (Å²) in [6, 6.07) is 16.1. The van der Waals surface area contributed by atoms with Crippen LogP contribution in [-0.4, -0.2) is 12.6 Å². The molecule has 0 N–H and O–H groups in total. The topological polar surface area (TPSA) is 34.1 Å². The van der Waals surface area contributed by atoms with Crippen LogP contribution < -0.4 is 0 Å². The molecule has 0 amide bonds. The first-order valence-electron chi connectivity index (χ1n) is 8.32. The zero-order valence-corrected chi connectivity index (χ0v) is 14.3. The fourth-order valence-electron chi connectivity index (χ4n) is 2.65. The smallest absolute Gasteiger partial charge is 0.127 e. The number of allylic oxidation sites excluding steroid dienone is 2. The Morgan fingerprint density at radius 3 is 1.29 bits per heavy atom. The van der Waals surface area contributed by atoms with Gasteiger partial charge in [-0.2, -0.15) is 0 Å². The largest absolute Gasteiger partial charge is 0.303 e. The first kappa shape index (κ1) is 17.9. The second-order valence-corrected chi connectivity index (χ2v) is 6.25. The predicted molar refractivity (Wildman–Crippen MR) is 98.3 cm³/mol. The molecular weight excluding hydrogens is 296 g/mol. The van der Waals surface area contributed by atoms with Crippen LogP contribution in [0.3, 0.4) is 0 Å². The van der Waals surface area contributed by atoms with Crippen molar-refractivity contribution in [3.63, 3.8) is 0 Å². The summed E-state index contributed by atoms with van der Waals surface area (Å²) >= 11 is 0. The van der Waals surface area contributed by atoms with Crippen LogP contribution in [0.15, 0.2) is 60.7 Å². The second kappa shape index (κ2) is 8.97. The molecule has 0 aromatic heterocycles. The standard InChI is InChI=1S/C22H24O2/c1-17-7-11-19(12-8-17)21(15-23)5-3-4-6-22(16-24)20-13-9-18(2)10-14-20/h3-4,7-16,21-22H,5-6H2,1-2H3/b4-3+. The Hall–Kier alpha value is -2.48. The molecule has 0 fully saturated rings. The van der Waals surface area contributed by atoms with E-state index in [1.54, 1.807) is 0 Å². The van der Waals surface area contributed by atoms with Gasteiger partial charge in [0, 0.05) is 11.8 Å². The highest BCUT2D eigenvalue weighted by atomic mass is 16.1. The number of carbonyl (C=O) groups is 2. The number of benzene rings is 2. The van der Waals surface area contributed by atoms with Gasteiger partial charge in [-0.25, -0.2) is 0 Å². The lowest BCUT2D eigenvalue weighted by molar-refractivity contribution is -0.109. The first-order valence-corrected chi connectivity index (χ1v) is 8.32. The molecule has 2 aromatic rings. The van der Waals surface area contributed by atoms with Gasteiger partial charge in [0.1, 0.15) is 12.6 Å². The van der Waals surface area contributed by atoms with Gasteiger partial charge in [-0.3, -0.25) is 0 Å². The molecule has 0 radical (unpaired) electrons. The van der Waals surface area contributed by atoms with Crippen molar-refractivity contribution in [3.05, 3.63) is 82.9 Å². The Bertz CT molecular complexity index is 619. The van der Waals surface area contributed by atoms with Gasteiger partial charge in [0.05, 0.1) is 0 Å². The van der Waals surface area contributed by atoms with Crippen molar-refractivity contribution in [2.75, 3.05) is 0 Å². The molecule has 0 aliphatic rings. The molecule has 0 spiro atoms. The first-order chi connectivity index (χ1) is 11.6. The van der Waals surface area contributed by atoms with E-state index < -0.39 is 0 Å². The molecule has 2 unspecified atom stereocenters. The molecule has 0 aliphatic heterocycles. The van der Waals surface area contributed by atoms with Crippen LogP contribution in [0.25, 0.3) is 0 Å². The summed E-state index contributed by atoms with van der Waals surface area (Å²) in [7, 11) is 0. The molecule has 2 nitrogen and oxygen atoms in total. The molecule has 2 rings (SSSR count). The van der Waals surface area contributed by atoms with Crippen LogP contribution in [0.4, 0.5) is 0 Å². The molecule has 0 saturated carbocycles. The fourth-order valence-corrected chi connectivity index (χ4v) is 2.65. The highest BCUT2D eigenvalue weighted by Crippen LogP contribution is 2.21. The van der Waals surface area contributed by atoms with Gasteiger partial charge in [0.2, 0.25) is 0 Å². The van der Waals surface area contributed by atoms with E-state index >= 15 is 0 Å². The normalized spacial score (nSPS) is 13.6. The van der Waals surface area contributed by atoms with Gasteiger partial charge in [-0.15, -0.1) is 0 Å². The van der Waals surface area contributed by atoms with E-state index in [4.69, 9.17) is 0 Å². The maximum absolute atomic E-state index is 11.3. The van der Waals surface area contributed by atoms with Gasteiger partial charge in [-0.1, -0.05) is 71.8 Å². The quantitative estimate of drug-likeness (QED) is 0.512. The Kier molecular flexibility index (Phi) is 6.68. The second-order valence-electron chi connectivity index (χ2n) is 6.25. The lowest BCUT2D eigenvalue weighted by atomic mass is 9.94. The van der Waals surface area contributed by atoms with E-state index in [2.05, 4.69) is 0 Å². The van der Waals surface area contributed by atoms with E-state index in [1.165, 1.54) is 11.1 Å². The third kappa shape index (κ3) is 5.02. The molecule has 2 heteroatoms. The van der Waals surface area contributed by atoms with Crippen LogP contribution >= 0.6 is 0 Å². The van der Waals surface area contributed by atoms with E-state index in [-0.39, 0.29) is 11.8 Å². The van der Waals surface area contributed by atoms with Crippen molar-refractivity contribution in [2.45, 2.75) is 38.5 Å². The number of hydrogen-bond donors (Lipinski definition) is 0. The molecular formula is C22H24O2. The third-order valence-electron chi connectivity index (χ3n) is 4.29. The molecule has 124 valence electrons. The zero-order valence-electron chi connectivity index (χ0n) is 14.3. The lowest BCUT2D eigenvalue weighted by Gasteiger charge is -2.10. The van der Waals surface area contributed by atoms with E-state index in [0.29, 0.717) is 12.8 Å². The van der Waals surface area contributed by atoms with E-state index in [1.807, 2.05) is 74.5 Å². The minimum atomic E-state index is -0.129. The molecule has 0 saturated heterocycles. The average Bonchev–Trinajstić information content (AvgIpc) is 2.60. The molecule has 0 heterocycles. The van der Waals surface area contributed by atoms with Gasteiger partial charge in [-0.05, 0) is 37.8 Å². The minimum Gasteiger partial charge on any atom is -0.303 e. The summed E-state index contributed by atoms with van der Waals surface area (Å²) < 4.78 is 0. The van der Waals surface area contributed by atoms with Gasteiger partial charge < -0.3 is 9.59 Å². The summed E-state index contributed by atoms with van der Waals surface area (Å²) in [4.78, 5) is 22.7. The Morgan fingerprint density at radius 1 is 0.667 bits per heavy atom. The van der Waals surface area contributed by atoms with Crippen LogP contribution in [0.2, 0.25) is 0 Å². The van der Waals surface area contributed by atoms with Crippen molar-refractivity contribution in [1.29, 1.82) is 0 Å². The predicted octanol–water partition coefficient (Wildman–Crippen LogP) is 4.91. The van der Waals surface area contributed by atoms with Gasteiger partial charge in [0.15, 0.2) is 0 Å². The number of aldehydes is 2. The summed E-state index contributed by atoms with van der Waals surface area (Å²) in [6.07, 6.45) is 7.31. The maximum Gasteiger partial charge on any atom is 0.127 e. The summed E-state index contributed by atoms with van der Waals surface area (Å²) in [6.45, 7) is 4.06. The molecule has 0 aliphatic carbocycles. The molecule has 2 atom stereocenters. The summed E-state index contributed by atoms with van der Waals surface area (Å²) in [5.41, 5.74) is 4.44. The number of hydrogen-bond acceptors (Lipinski definition) is 2. The van der Waals surface area contributed by atoms with Crippen molar-refractivity contribution >= 4 is 12.6 Å². The fraction of sp³-hybridized carbons (Fsp3) is 0.273. The number of aryl methyl sites for hydroxylation is 2. The molecule has 2 aromatic carbocycles. The SMILES string of the molecule is Cc1ccc(C(C=O)C/C=C/CC(C=O)c2ccc(C)cc2)cc1.